The minimum Gasteiger partial charge on any atom is -0.445 e. The molecular formula is C20H27N3O3S. The van der Waals surface area contributed by atoms with E-state index in [9.17, 15) is 9.59 Å². The summed E-state index contributed by atoms with van der Waals surface area (Å²) >= 11 is 1.36. The molecule has 2 aromatic rings. The lowest BCUT2D eigenvalue weighted by Crippen LogP contribution is -2.56. The number of nitrogens with zero attached hydrogens (tertiary/aromatic N) is 2. The van der Waals surface area contributed by atoms with Gasteiger partial charge >= 0.3 is 0 Å². The first-order chi connectivity index (χ1) is 12.8. The van der Waals surface area contributed by atoms with Crippen LogP contribution in [0.15, 0.2) is 21.9 Å². The van der Waals surface area contributed by atoms with E-state index in [1.807, 2.05) is 11.4 Å². The number of carbonyl (C=O) groups excluding carboxylic acids is 2. The Balaban J connectivity index is 1.65. The number of amides is 2. The number of hydrogen-bond acceptors (Lipinski definition) is 5. The number of aromatic nitrogens is 1. The van der Waals surface area contributed by atoms with Crippen LogP contribution in [0.1, 0.15) is 61.1 Å². The lowest BCUT2D eigenvalue weighted by Gasteiger charge is -2.33. The molecule has 6 nitrogen and oxygen atoms in total. The molecule has 0 fully saturated rings. The van der Waals surface area contributed by atoms with E-state index in [0.717, 1.165) is 30.2 Å². The van der Waals surface area contributed by atoms with Gasteiger partial charge in [-0.1, -0.05) is 19.9 Å². The average molecular weight is 390 g/mol. The van der Waals surface area contributed by atoms with E-state index in [1.165, 1.54) is 11.3 Å². The van der Waals surface area contributed by atoms with Crippen molar-refractivity contribution in [3.8, 4) is 0 Å². The van der Waals surface area contributed by atoms with Crippen LogP contribution in [0.25, 0.3) is 0 Å². The van der Waals surface area contributed by atoms with E-state index in [0.29, 0.717) is 30.3 Å². The lowest BCUT2D eigenvalue weighted by molar-refractivity contribution is -0.137. The molecule has 0 atom stereocenters. The van der Waals surface area contributed by atoms with E-state index >= 15 is 0 Å². The highest BCUT2D eigenvalue weighted by molar-refractivity contribution is 7.12. The normalized spacial score (nSPS) is 14.3. The average Bonchev–Trinajstić information content (AvgIpc) is 3.27. The van der Waals surface area contributed by atoms with Gasteiger partial charge in [-0.15, -0.1) is 11.3 Å². The molecule has 1 aliphatic rings. The van der Waals surface area contributed by atoms with Crippen molar-refractivity contribution < 1.29 is 14.0 Å². The van der Waals surface area contributed by atoms with Crippen LogP contribution in [-0.4, -0.2) is 33.8 Å². The molecule has 0 radical (unpaired) electrons. The molecule has 1 aliphatic heterocycles. The van der Waals surface area contributed by atoms with E-state index < -0.39 is 5.54 Å². The summed E-state index contributed by atoms with van der Waals surface area (Å²) in [7, 11) is 0. The molecule has 3 rings (SSSR count). The van der Waals surface area contributed by atoms with Crippen LogP contribution in [0.3, 0.4) is 0 Å². The first-order valence-electron chi connectivity index (χ1n) is 9.39. The Labute approximate surface area is 164 Å². The predicted octanol–water partition coefficient (Wildman–Crippen LogP) is 3.42. The van der Waals surface area contributed by atoms with Crippen LogP contribution < -0.4 is 5.32 Å². The van der Waals surface area contributed by atoms with Gasteiger partial charge < -0.3 is 14.6 Å². The zero-order valence-electron chi connectivity index (χ0n) is 16.4. The van der Waals surface area contributed by atoms with Crippen LogP contribution in [0.5, 0.6) is 0 Å². The minimum absolute atomic E-state index is 0.107. The van der Waals surface area contributed by atoms with E-state index in [2.05, 4.69) is 24.1 Å². The summed E-state index contributed by atoms with van der Waals surface area (Å²) in [6.45, 7) is 8.84. The third-order valence-corrected chi connectivity index (χ3v) is 5.57. The molecule has 0 spiro atoms. The first kappa shape index (κ1) is 19.6. The second-order valence-electron chi connectivity index (χ2n) is 7.94. The molecule has 0 unspecified atom stereocenters. The van der Waals surface area contributed by atoms with Crippen LogP contribution in [0.2, 0.25) is 0 Å². The van der Waals surface area contributed by atoms with Gasteiger partial charge in [-0.2, -0.15) is 0 Å². The monoisotopic (exact) mass is 389 g/mol. The molecule has 0 saturated heterocycles. The van der Waals surface area contributed by atoms with Crippen molar-refractivity contribution in [2.45, 2.75) is 59.0 Å². The van der Waals surface area contributed by atoms with E-state index in [-0.39, 0.29) is 11.8 Å². The van der Waals surface area contributed by atoms with Crippen LogP contribution in [0, 0.1) is 5.92 Å². The fraction of sp³-hybridized carbons (Fsp3) is 0.550. The molecule has 2 amide bonds. The fourth-order valence-electron chi connectivity index (χ4n) is 3.15. The quantitative estimate of drug-likeness (QED) is 0.821. The van der Waals surface area contributed by atoms with Gasteiger partial charge in [0.25, 0.3) is 5.91 Å². The first-order valence-corrected chi connectivity index (χ1v) is 10.3. The second-order valence-corrected chi connectivity index (χ2v) is 8.89. The zero-order chi connectivity index (χ0) is 19.6. The number of aryl methyl sites for hydroxylation is 1. The van der Waals surface area contributed by atoms with Crippen molar-refractivity contribution in [3.05, 3.63) is 39.7 Å². The zero-order valence-corrected chi connectivity index (χ0v) is 17.2. The highest BCUT2D eigenvalue weighted by Gasteiger charge is 2.36. The van der Waals surface area contributed by atoms with Gasteiger partial charge in [0.15, 0.2) is 5.89 Å². The Kier molecular flexibility index (Phi) is 5.69. The Morgan fingerprint density at radius 2 is 2.19 bits per heavy atom. The van der Waals surface area contributed by atoms with Crippen LogP contribution in [0.4, 0.5) is 0 Å². The summed E-state index contributed by atoms with van der Waals surface area (Å²) in [5, 5.41) is 4.70. The van der Waals surface area contributed by atoms with Gasteiger partial charge in [0.2, 0.25) is 5.91 Å². The van der Waals surface area contributed by atoms with Crippen LogP contribution in [-0.2, 0) is 24.2 Å². The summed E-state index contributed by atoms with van der Waals surface area (Å²) in [5.41, 5.74) is -0.142. The maximum atomic E-state index is 13.0. The molecule has 1 N–H and O–H groups in total. The third-order valence-electron chi connectivity index (χ3n) is 4.70. The SMILES string of the molecule is CC(C)CCc1nc2c(o1)CCN(C(=O)C(C)(C)NC(=O)c1cccs1)C2. The molecule has 0 aromatic carbocycles. The lowest BCUT2D eigenvalue weighted by atomic mass is 10.0. The fourth-order valence-corrected chi connectivity index (χ4v) is 3.77. The number of thiophene rings is 1. The van der Waals surface area contributed by atoms with Crippen molar-refractivity contribution in [1.82, 2.24) is 15.2 Å². The number of hydrogen-bond donors (Lipinski definition) is 1. The van der Waals surface area contributed by atoms with Gasteiger partial charge in [0.1, 0.15) is 17.0 Å². The smallest absolute Gasteiger partial charge is 0.262 e. The van der Waals surface area contributed by atoms with Gasteiger partial charge in [-0.3, -0.25) is 9.59 Å². The Morgan fingerprint density at radius 3 is 2.85 bits per heavy atom. The molecule has 0 saturated carbocycles. The maximum Gasteiger partial charge on any atom is 0.262 e. The van der Waals surface area contributed by atoms with Gasteiger partial charge in [-0.05, 0) is 37.6 Å². The highest BCUT2D eigenvalue weighted by Crippen LogP contribution is 2.23. The second kappa shape index (κ2) is 7.84. The minimum atomic E-state index is -0.983. The predicted molar refractivity (Wildman–Crippen MR) is 105 cm³/mol. The van der Waals surface area contributed by atoms with Crippen molar-refractivity contribution in [2.75, 3.05) is 6.54 Å². The Morgan fingerprint density at radius 1 is 1.41 bits per heavy atom. The molecule has 7 heteroatoms. The summed E-state index contributed by atoms with van der Waals surface area (Å²) in [6, 6.07) is 3.57. The summed E-state index contributed by atoms with van der Waals surface area (Å²) < 4.78 is 5.87. The number of oxazole rings is 1. The molecule has 146 valence electrons. The molecule has 0 aliphatic carbocycles. The van der Waals surface area contributed by atoms with Crippen molar-refractivity contribution in [2.24, 2.45) is 5.92 Å². The van der Waals surface area contributed by atoms with Crippen molar-refractivity contribution in [3.63, 3.8) is 0 Å². The Bertz CT molecular complexity index is 809. The van der Waals surface area contributed by atoms with E-state index in [4.69, 9.17) is 4.42 Å². The summed E-state index contributed by atoms with van der Waals surface area (Å²) in [4.78, 5) is 32.3. The van der Waals surface area contributed by atoms with Gasteiger partial charge in [0.05, 0.1) is 11.4 Å². The van der Waals surface area contributed by atoms with Gasteiger partial charge in [-0.25, -0.2) is 4.98 Å². The Hall–Kier alpha value is -2.15. The molecule has 2 aromatic heterocycles. The maximum absolute atomic E-state index is 13.0. The molecule has 3 heterocycles. The van der Waals surface area contributed by atoms with Gasteiger partial charge in [0, 0.05) is 19.4 Å². The summed E-state index contributed by atoms with van der Waals surface area (Å²) in [5.74, 6) is 1.91. The van der Waals surface area contributed by atoms with Crippen molar-refractivity contribution >= 4 is 23.2 Å². The highest BCUT2D eigenvalue weighted by atomic mass is 32.1. The summed E-state index contributed by atoms with van der Waals surface area (Å²) in [6.07, 6.45) is 2.51. The molecular weight excluding hydrogens is 362 g/mol. The number of rotatable bonds is 6. The largest absolute Gasteiger partial charge is 0.445 e. The number of carbonyl (C=O) groups is 2. The van der Waals surface area contributed by atoms with Crippen molar-refractivity contribution in [1.29, 1.82) is 0 Å². The van der Waals surface area contributed by atoms with Crippen LogP contribution >= 0.6 is 11.3 Å². The topological polar surface area (TPSA) is 75.4 Å². The third kappa shape index (κ3) is 4.58. The molecule has 0 bridgehead atoms. The molecule has 27 heavy (non-hydrogen) atoms. The van der Waals surface area contributed by atoms with E-state index in [1.54, 1.807) is 24.8 Å². The standard InChI is InChI=1S/C20H27N3O3S/c1-13(2)7-8-17-21-14-12-23(10-9-15(14)26-17)19(25)20(3,4)22-18(24)16-6-5-11-27-16/h5-6,11,13H,7-10,12H2,1-4H3,(H,22,24). The number of fused-ring (bicyclic) bond motifs is 1. The number of nitrogens with one attached hydrogen (secondary N) is 1.